The van der Waals surface area contributed by atoms with Crippen molar-refractivity contribution in [2.24, 2.45) is 0 Å². The van der Waals surface area contributed by atoms with E-state index in [1.807, 2.05) is 0 Å². The van der Waals surface area contributed by atoms with Crippen molar-refractivity contribution in [3.05, 3.63) is 53.6 Å². The molecule has 2 amide bonds. The quantitative estimate of drug-likeness (QED) is 0.729. The number of halogens is 3. The van der Waals surface area contributed by atoms with Crippen LogP contribution in [0.1, 0.15) is 25.0 Å². The highest BCUT2D eigenvalue weighted by molar-refractivity contribution is 7.89. The van der Waals surface area contributed by atoms with Crippen LogP contribution in [0, 0.1) is 0 Å². The fraction of sp³-hybridized carbons (Fsp3) is 0.333. The Hall–Kier alpha value is -2.92. The lowest BCUT2D eigenvalue weighted by atomic mass is 9.86. The maximum absolute atomic E-state index is 13.0. The van der Waals surface area contributed by atoms with Gasteiger partial charge in [0.25, 0.3) is 0 Å². The van der Waals surface area contributed by atoms with Gasteiger partial charge in [0.15, 0.2) is 0 Å². The van der Waals surface area contributed by atoms with Crippen molar-refractivity contribution in [3.8, 4) is 0 Å². The average Bonchev–Trinajstić information content (AvgIpc) is 2.87. The number of alkyl halides is 3. The molecule has 1 aliphatic heterocycles. The number of hydrogen-bond acceptors (Lipinski definition) is 4. The number of benzene rings is 2. The lowest BCUT2D eigenvalue weighted by Crippen LogP contribution is -2.35. The van der Waals surface area contributed by atoms with E-state index < -0.39 is 39.6 Å². The van der Waals surface area contributed by atoms with Crippen LogP contribution in [0.3, 0.4) is 0 Å². The minimum absolute atomic E-state index is 0.0956. The Morgan fingerprint density at radius 2 is 1.81 bits per heavy atom. The summed E-state index contributed by atoms with van der Waals surface area (Å²) in [5.41, 5.74) is -0.792. The van der Waals surface area contributed by atoms with E-state index in [4.69, 9.17) is 0 Å². The Kier molecular flexibility index (Phi) is 5.85. The minimum Gasteiger partial charge on any atom is -0.325 e. The van der Waals surface area contributed by atoms with Gasteiger partial charge >= 0.3 is 6.18 Å². The number of rotatable bonds is 5. The Balaban J connectivity index is 1.79. The molecule has 0 saturated carbocycles. The molecule has 0 saturated heterocycles. The van der Waals surface area contributed by atoms with Crippen molar-refractivity contribution in [1.82, 2.24) is 4.31 Å². The third-order valence-electron chi connectivity index (χ3n) is 5.39. The number of nitrogens with one attached hydrogen (secondary N) is 1. The highest BCUT2D eigenvalue weighted by Crippen LogP contribution is 2.41. The standard InChI is InChI=1S/C21H22F3N3O4S/c1-20(2)16-11-15(8-9-17(16)27(4)19(20)29)32(30,31)26(3)12-18(28)25-14-7-5-6-13(10-14)21(22,23)24/h5-11H,12H2,1-4H3,(H,25,28). The Morgan fingerprint density at radius 3 is 2.44 bits per heavy atom. The van der Waals surface area contributed by atoms with Gasteiger partial charge in [0.2, 0.25) is 21.8 Å². The van der Waals surface area contributed by atoms with E-state index in [1.165, 1.54) is 36.2 Å². The predicted octanol–water partition coefficient (Wildman–Crippen LogP) is 3.22. The molecule has 0 bridgehead atoms. The van der Waals surface area contributed by atoms with Gasteiger partial charge in [-0.05, 0) is 55.8 Å². The van der Waals surface area contributed by atoms with Gasteiger partial charge < -0.3 is 10.2 Å². The van der Waals surface area contributed by atoms with E-state index in [0.29, 0.717) is 11.3 Å². The van der Waals surface area contributed by atoms with E-state index in [2.05, 4.69) is 5.32 Å². The van der Waals surface area contributed by atoms with Crippen molar-refractivity contribution in [1.29, 1.82) is 0 Å². The smallest absolute Gasteiger partial charge is 0.325 e. The Morgan fingerprint density at radius 1 is 1.16 bits per heavy atom. The maximum Gasteiger partial charge on any atom is 0.416 e. The first kappa shape index (κ1) is 23.7. The number of anilines is 2. The summed E-state index contributed by atoms with van der Waals surface area (Å²) in [6.07, 6.45) is -4.57. The molecule has 0 fully saturated rings. The third kappa shape index (κ3) is 4.22. The maximum atomic E-state index is 13.0. The lowest BCUT2D eigenvalue weighted by molar-refractivity contribution is -0.137. The number of carbonyl (C=O) groups excluding carboxylic acids is 2. The summed E-state index contributed by atoms with van der Waals surface area (Å²) in [5.74, 6) is -0.970. The largest absolute Gasteiger partial charge is 0.416 e. The van der Waals surface area contributed by atoms with Gasteiger partial charge in [0.1, 0.15) is 0 Å². The molecule has 0 radical (unpaired) electrons. The minimum atomic E-state index is -4.57. The summed E-state index contributed by atoms with van der Waals surface area (Å²) in [4.78, 5) is 26.1. The molecule has 0 spiro atoms. The molecular formula is C21H22F3N3O4S. The van der Waals surface area contributed by atoms with Crippen LogP contribution in [0.4, 0.5) is 24.5 Å². The highest BCUT2D eigenvalue weighted by Gasteiger charge is 2.43. The van der Waals surface area contributed by atoms with Gasteiger partial charge in [0.05, 0.1) is 22.4 Å². The fourth-order valence-corrected chi connectivity index (χ4v) is 4.71. The molecule has 32 heavy (non-hydrogen) atoms. The van der Waals surface area contributed by atoms with Crippen LogP contribution < -0.4 is 10.2 Å². The van der Waals surface area contributed by atoms with Crippen molar-refractivity contribution >= 4 is 33.2 Å². The summed E-state index contributed by atoms with van der Waals surface area (Å²) in [5, 5.41) is 2.28. The molecule has 0 atom stereocenters. The van der Waals surface area contributed by atoms with Crippen LogP contribution in [-0.4, -0.2) is 45.2 Å². The van der Waals surface area contributed by atoms with Crippen molar-refractivity contribution in [2.75, 3.05) is 30.9 Å². The summed E-state index contributed by atoms with van der Waals surface area (Å²) in [6.45, 7) is 2.78. The number of likely N-dealkylation sites (N-methyl/N-ethyl adjacent to an activating group) is 2. The van der Waals surface area contributed by atoms with E-state index in [-0.39, 0.29) is 16.5 Å². The molecule has 7 nitrogen and oxygen atoms in total. The van der Waals surface area contributed by atoms with Gasteiger partial charge in [-0.25, -0.2) is 8.42 Å². The third-order valence-corrected chi connectivity index (χ3v) is 7.19. The van der Waals surface area contributed by atoms with Crippen molar-refractivity contribution < 1.29 is 31.2 Å². The zero-order chi connectivity index (χ0) is 24.1. The Bertz CT molecular complexity index is 1190. The summed E-state index contributed by atoms with van der Waals surface area (Å²) < 4.78 is 65.3. The molecular weight excluding hydrogens is 447 g/mol. The second kappa shape index (κ2) is 7.89. The van der Waals surface area contributed by atoms with Crippen LogP contribution in [0.5, 0.6) is 0 Å². The second-order valence-corrected chi connectivity index (χ2v) is 10.1. The first-order valence-electron chi connectivity index (χ1n) is 9.52. The van der Waals surface area contributed by atoms with Gasteiger partial charge in [-0.15, -0.1) is 0 Å². The zero-order valence-electron chi connectivity index (χ0n) is 17.8. The molecule has 2 aromatic carbocycles. The first-order valence-corrected chi connectivity index (χ1v) is 11.0. The SMILES string of the molecule is CN1C(=O)C(C)(C)c2cc(S(=O)(=O)N(C)CC(=O)Nc3cccc(C(F)(F)F)c3)ccc21. The van der Waals surface area contributed by atoms with E-state index in [9.17, 15) is 31.2 Å². The van der Waals surface area contributed by atoms with Crippen LogP contribution in [0.25, 0.3) is 0 Å². The lowest BCUT2D eigenvalue weighted by Gasteiger charge is -2.19. The molecule has 1 N–H and O–H groups in total. The van der Waals surface area contributed by atoms with Gasteiger partial charge in [0, 0.05) is 25.5 Å². The van der Waals surface area contributed by atoms with E-state index in [0.717, 1.165) is 22.5 Å². The van der Waals surface area contributed by atoms with Gasteiger partial charge in [-0.1, -0.05) is 6.07 Å². The monoisotopic (exact) mass is 469 g/mol. The van der Waals surface area contributed by atoms with Gasteiger partial charge in [-0.2, -0.15) is 17.5 Å². The molecule has 0 unspecified atom stereocenters. The highest BCUT2D eigenvalue weighted by atomic mass is 32.2. The van der Waals surface area contributed by atoms with Crippen molar-refractivity contribution in [3.63, 3.8) is 0 Å². The van der Waals surface area contributed by atoms with E-state index in [1.54, 1.807) is 20.9 Å². The Labute approximate surface area is 183 Å². The molecule has 1 aliphatic rings. The molecule has 1 heterocycles. The fourth-order valence-electron chi connectivity index (χ4n) is 3.55. The number of sulfonamides is 1. The van der Waals surface area contributed by atoms with Crippen LogP contribution in [-0.2, 0) is 31.2 Å². The summed E-state index contributed by atoms with van der Waals surface area (Å²) in [6, 6.07) is 8.34. The molecule has 3 rings (SSSR count). The molecule has 0 aromatic heterocycles. The summed E-state index contributed by atoms with van der Waals surface area (Å²) >= 11 is 0. The number of fused-ring (bicyclic) bond motifs is 1. The number of amides is 2. The topological polar surface area (TPSA) is 86.8 Å². The summed E-state index contributed by atoms with van der Waals surface area (Å²) in [7, 11) is -1.31. The second-order valence-electron chi connectivity index (χ2n) is 8.06. The number of hydrogen-bond donors (Lipinski definition) is 1. The zero-order valence-corrected chi connectivity index (χ0v) is 18.6. The average molecular weight is 469 g/mol. The van der Waals surface area contributed by atoms with E-state index >= 15 is 0 Å². The normalized spacial score (nSPS) is 15.8. The predicted molar refractivity (Wildman–Crippen MR) is 113 cm³/mol. The van der Waals surface area contributed by atoms with Crippen LogP contribution >= 0.6 is 0 Å². The first-order chi connectivity index (χ1) is 14.7. The molecule has 172 valence electrons. The molecule has 11 heteroatoms. The van der Waals surface area contributed by atoms with Gasteiger partial charge in [-0.3, -0.25) is 9.59 Å². The number of nitrogens with zero attached hydrogens (tertiary/aromatic N) is 2. The van der Waals surface area contributed by atoms with Crippen LogP contribution in [0.15, 0.2) is 47.4 Å². The molecule has 0 aliphatic carbocycles. The number of carbonyl (C=O) groups is 2. The van der Waals surface area contributed by atoms with Crippen molar-refractivity contribution in [2.45, 2.75) is 30.3 Å². The molecule has 2 aromatic rings. The van der Waals surface area contributed by atoms with Crippen LogP contribution in [0.2, 0.25) is 0 Å².